The molecule has 0 saturated heterocycles. The molecule has 47 heavy (non-hydrogen) atoms. The lowest BCUT2D eigenvalue weighted by molar-refractivity contribution is -0.169. The molecule has 2 N–H and O–H groups in total. The van der Waals surface area contributed by atoms with Gasteiger partial charge in [0.05, 0.1) is 5.56 Å². The third-order valence-corrected chi connectivity index (χ3v) is 8.26. The molecule has 0 fully saturated rings. The summed E-state index contributed by atoms with van der Waals surface area (Å²) < 4.78 is 18.0. The van der Waals surface area contributed by atoms with Gasteiger partial charge in [0.1, 0.15) is 22.7 Å². The molecular formula is C39H48O8. The van der Waals surface area contributed by atoms with Crippen LogP contribution in [0.4, 0.5) is 0 Å². The second kappa shape index (κ2) is 12.4. The molecule has 8 nitrogen and oxygen atoms in total. The SMILES string of the molecule is Cc1cc(C2(c3cc(C)c(O)cc3C(C)C)OC(=O)c3c(C(C(=O)OC(C)(C)C)C(=O)OC(C)(C)C)cccc32)c(C(C)C)cc1O. The van der Waals surface area contributed by atoms with Crippen LogP contribution >= 0.6 is 0 Å². The van der Waals surface area contributed by atoms with E-state index < -0.39 is 40.6 Å². The van der Waals surface area contributed by atoms with E-state index in [0.29, 0.717) is 27.8 Å². The smallest absolute Gasteiger partial charge is 0.340 e. The van der Waals surface area contributed by atoms with Crippen molar-refractivity contribution in [2.45, 2.75) is 118 Å². The topological polar surface area (TPSA) is 119 Å². The van der Waals surface area contributed by atoms with E-state index in [2.05, 4.69) is 0 Å². The summed E-state index contributed by atoms with van der Waals surface area (Å²) in [5.41, 5.74) is 1.09. The highest BCUT2D eigenvalue weighted by molar-refractivity contribution is 6.06. The summed E-state index contributed by atoms with van der Waals surface area (Å²) in [4.78, 5) is 42.0. The molecule has 0 amide bonds. The molecule has 0 unspecified atom stereocenters. The standard InChI is InChI=1S/C39H48O8/c1-20(2)25-18-30(40)22(5)16-28(25)39(29-17-23(6)31(41)19-26(29)21(3)4)27-15-13-14-24(32(27)34(42)47-39)33(35(43)45-37(7,8)9)36(44)46-38(10,11)12/h13-21,33,40-41H,1-12H3. The van der Waals surface area contributed by atoms with Crippen LogP contribution in [0.5, 0.6) is 11.5 Å². The number of phenols is 2. The van der Waals surface area contributed by atoms with E-state index in [1.807, 2.05) is 39.8 Å². The number of ether oxygens (including phenoxy) is 3. The Morgan fingerprint density at radius 1 is 0.702 bits per heavy atom. The van der Waals surface area contributed by atoms with Gasteiger partial charge in [-0.05, 0) is 119 Å². The molecular weight excluding hydrogens is 596 g/mol. The van der Waals surface area contributed by atoms with Crippen LogP contribution in [0.15, 0.2) is 42.5 Å². The van der Waals surface area contributed by atoms with E-state index in [1.165, 1.54) is 0 Å². The van der Waals surface area contributed by atoms with Crippen molar-refractivity contribution >= 4 is 17.9 Å². The van der Waals surface area contributed by atoms with Crippen molar-refractivity contribution in [3.8, 4) is 11.5 Å². The van der Waals surface area contributed by atoms with Gasteiger partial charge in [-0.1, -0.05) is 45.9 Å². The highest BCUT2D eigenvalue weighted by Gasteiger charge is 2.54. The molecule has 0 radical (unpaired) electrons. The van der Waals surface area contributed by atoms with Crippen molar-refractivity contribution in [1.82, 2.24) is 0 Å². The van der Waals surface area contributed by atoms with E-state index in [1.54, 1.807) is 85.7 Å². The van der Waals surface area contributed by atoms with Gasteiger partial charge in [-0.15, -0.1) is 0 Å². The Bertz CT molecular complexity index is 1640. The molecule has 1 aliphatic heterocycles. The van der Waals surface area contributed by atoms with Crippen LogP contribution in [0, 0.1) is 13.8 Å². The van der Waals surface area contributed by atoms with E-state index >= 15 is 0 Å². The van der Waals surface area contributed by atoms with Gasteiger partial charge >= 0.3 is 17.9 Å². The lowest BCUT2D eigenvalue weighted by atomic mass is 9.72. The Kier molecular flexibility index (Phi) is 9.34. The first-order valence-electron chi connectivity index (χ1n) is 16.1. The summed E-state index contributed by atoms with van der Waals surface area (Å²) in [5.74, 6) is -4.00. The minimum atomic E-state index is -1.58. The summed E-state index contributed by atoms with van der Waals surface area (Å²) in [6.07, 6.45) is 0. The molecule has 0 aromatic heterocycles. The van der Waals surface area contributed by atoms with Gasteiger partial charge in [0, 0.05) is 16.7 Å². The van der Waals surface area contributed by atoms with Crippen LogP contribution in [0.3, 0.4) is 0 Å². The number of esters is 3. The molecule has 3 aromatic rings. The molecule has 8 heteroatoms. The number of hydrogen-bond acceptors (Lipinski definition) is 8. The molecule has 0 spiro atoms. The van der Waals surface area contributed by atoms with Crippen molar-refractivity contribution in [1.29, 1.82) is 0 Å². The summed E-state index contributed by atoms with van der Waals surface area (Å²) in [5, 5.41) is 21.6. The van der Waals surface area contributed by atoms with E-state index in [-0.39, 0.29) is 34.5 Å². The van der Waals surface area contributed by atoms with Gasteiger partial charge in [-0.3, -0.25) is 9.59 Å². The first kappa shape index (κ1) is 35.5. The number of rotatable bonds is 7. The minimum Gasteiger partial charge on any atom is -0.508 e. The zero-order valence-electron chi connectivity index (χ0n) is 29.6. The van der Waals surface area contributed by atoms with Crippen LogP contribution in [-0.2, 0) is 29.4 Å². The van der Waals surface area contributed by atoms with Gasteiger partial charge in [-0.2, -0.15) is 0 Å². The van der Waals surface area contributed by atoms with Gasteiger partial charge in [-0.25, -0.2) is 4.79 Å². The summed E-state index contributed by atoms with van der Waals surface area (Å²) in [6.45, 7) is 21.7. The Hall–Kier alpha value is -4.33. The molecule has 0 atom stereocenters. The largest absolute Gasteiger partial charge is 0.508 e. The van der Waals surface area contributed by atoms with Crippen molar-refractivity contribution in [3.05, 3.63) is 92.5 Å². The van der Waals surface area contributed by atoms with Crippen LogP contribution in [-0.4, -0.2) is 39.3 Å². The maximum absolute atomic E-state index is 14.4. The van der Waals surface area contributed by atoms with Crippen LogP contribution in [0.2, 0.25) is 0 Å². The molecule has 252 valence electrons. The molecule has 3 aromatic carbocycles. The number of fused-ring (bicyclic) bond motifs is 1. The van der Waals surface area contributed by atoms with Crippen LogP contribution in [0.25, 0.3) is 0 Å². The number of carbonyl (C=O) groups excluding carboxylic acids is 3. The van der Waals surface area contributed by atoms with E-state index in [4.69, 9.17) is 14.2 Å². The first-order chi connectivity index (χ1) is 21.6. The molecule has 1 aliphatic rings. The predicted molar refractivity (Wildman–Crippen MR) is 180 cm³/mol. The fourth-order valence-electron chi connectivity index (χ4n) is 6.18. The maximum Gasteiger partial charge on any atom is 0.340 e. The molecule has 1 heterocycles. The van der Waals surface area contributed by atoms with Gasteiger partial charge < -0.3 is 24.4 Å². The second-order valence-corrected chi connectivity index (χ2v) is 15.1. The fourth-order valence-corrected chi connectivity index (χ4v) is 6.18. The quantitative estimate of drug-likeness (QED) is 0.150. The Morgan fingerprint density at radius 2 is 1.13 bits per heavy atom. The lowest BCUT2D eigenvalue weighted by Gasteiger charge is -2.36. The van der Waals surface area contributed by atoms with Crippen molar-refractivity contribution in [3.63, 3.8) is 0 Å². The Labute approximate surface area is 278 Å². The van der Waals surface area contributed by atoms with Crippen molar-refractivity contribution in [2.24, 2.45) is 0 Å². The number of cyclic esters (lactones) is 1. The highest BCUT2D eigenvalue weighted by Crippen LogP contribution is 2.54. The number of benzene rings is 3. The minimum absolute atomic E-state index is 0.0649. The average Bonchev–Trinajstić information content (AvgIpc) is 3.22. The van der Waals surface area contributed by atoms with E-state index in [0.717, 1.165) is 11.1 Å². The van der Waals surface area contributed by atoms with Crippen LogP contribution < -0.4 is 0 Å². The molecule has 0 aliphatic carbocycles. The average molecular weight is 645 g/mol. The Morgan fingerprint density at radius 3 is 1.51 bits per heavy atom. The summed E-state index contributed by atoms with van der Waals surface area (Å²) >= 11 is 0. The van der Waals surface area contributed by atoms with Crippen molar-refractivity contribution < 1.29 is 38.8 Å². The van der Waals surface area contributed by atoms with Gasteiger partial charge in [0.25, 0.3) is 0 Å². The lowest BCUT2D eigenvalue weighted by Crippen LogP contribution is -2.36. The first-order valence-corrected chi connectivity index (χ1v) is 16.1. The zero-order chi connectivity index (χ0) is 35.4. The molecule has 0 bridgehead atoms. The number of aryl methyl sites for hydroxylation is 2. The zero-order valence-corrected chi connectivity index (χ0v) is 29.6. The van der Waals surface area contributed by atoms with Crippen LogP contribution in [0.1, 0.15) is 142 Å². The fraction of sp³-hybridized carbons (Fsp3) is 0.462. The number of aromatic hydroxyl groups is 2. The normalized spacial score (nSPS) is 14.4. The molecule has 0 saturated carbocycles. The van der Waals surface area contributed by atoms with Gasteiger partial charge in [0.15, 0.2) is 11.5 Å². The third kappa shape index (κ3) is 6.74. The number of carbonyl (C=O) groups is 3. The second-order valence-electron chi connectivity index (χ2n) is 15.1. The van der Waals surface area contributed by atoms with Gasteiger partial charge in [0.2, 0.25) is 0 Å². The number of hydrogen-bond donors (Lipinski definition) is 2. The third-order valence-electron chi connectivity index (χ3n) is 8.26. The highest BCUT2D eigenvalue weighted by atomic mass is 16.6. The predicted octanol–water partition coefficient (Wildman–Crippen LogP) is 8.19. The monoisotopic (exact) mass is 644 g/mol. The molecule has 4 rings (SSSR count). The number of phenolic OH excluding ortho intramolecular Hbond substituents is 2. The van der Waals surface area contributed by atoms with E-state index in [9.17, 15) is 24.6 Å². The van der Waals surface area contributed by atoms with Crippen molar-refractivity contribution in [2.75, 3.05) is 0 Å². The summed E-state index contributed by atoms with van der Waals surface area (Å²) in [6, 6.07) is 12.1. The summed E-state index contributed by atoms with van der Waals surface area (Å²) in [7, 11) is 0. The maximum atomic E-state index is 14.4. The Balaban J connectivity index is 2.19.